The van der Waals surface area contributed by atoms with Crippen LogP contribution in [0.5, 0.6) is 0 Å². The van der Waals surface area contributed by atoms with E-state index in [2.05, 4.69) is 23.1 Å². The molecule has 0 N–H and O–H groups in total. The van der Waals surface area contributed by atoms with Gasteiger partial charge in [0.25, 0.3) is 0 Å². The van der Waals surface area contributed by atoms with Gasteiger partial charge in [0.2, 0.25) is 5.91 Å². The fourth-order valence-electron chi connectivity index (χ4n) is 4.39. The van der Waals surface area contributed by atoms with Crippen LogP contribution in [0, 0.1) is 0 Å². The van der Waals surface area contributed by atoms with Gasteiger partial charge < -0.3 is 14.5 Å². The zero-order chi connectivity index (χ0) is 15.2. The molecule has 0 aromatic heterocycles. The monoisotopic (exact) mass is 300 g/mol. The van der Waals surface area contributed by atoms with Gasteiger partial charge in [-0.2, -0.15) is 0 Å². The number of amides is 1. The minimum atomic E-state index is -0.279. The Kier molecular flexibility index (Phi) is 3.46. The van der Waals surface area contributed by atoms with E-state index in [9.17, 15) is 4.79 Å². The number of carbonyl (C=O) groups excluding carboxylic acids is 1. The number of likely N-dealkylation sites (N-methyl/N-ethyl adjacent to an activating group) is 1. The van der Waals surface area contributed by atoms with Crippen molar-refractivity contribution >= 4 is 11.6 Å². The van der Waals surface area contributed by atoms with Crippen molar-refractivity contribution in [1.82, 2.24) is 4.90 Å². The van der Waals surface area contributed by atoms with Crippen molar-refractivity contribution in [2.75, 3.05) is 38.2 Å². The second kappa shape index (κ2) is 5.36. The van der Waals surface area contributed by atoms with Gasteiger partial charge in [-0.05, 0) is 50.4 Å². The standard InChI is InChI=1S/C18H24N2O2/c1-19-16-7-3-2-6-15(16)18(17(19)21)8-10-20(11-9-18)13-14-5-4-12-22-14/h2-3,6-7,14H,4-5,8-13H2,1H3/t14-/m0/s1. The predicted octanol–water partition coefficient (Wildman–Crippen LogP) is 2.18. The number of hydrogen-bond donors (Lipinski definition) is 0. The van der Waals surface area contributed by atoms with Crippen LogP contribution in [0.2, 0.25) is 0 Å². The molecule has 2 saturated heterocycles. The minimum absolute atomic E-state index is 0.279. The van der Waals surface area contributed by atoms with Gasteiger partial charge in [-0.3, -0.25) is 4.79 Å². The molecule has 0 radical (unpaired) electrons. The highest BCUT2D eigenvalue weighted by atomic mass is 16.5. The number of ether oxygens (including phenoxy) is 1. The van der Waals surface area contributed by atoms with E-state index in [0.29, 0.717) is 6.10 Å². The van der Waals surface area contributed by atoms with Crippen molar-refractivity contribution in [3.63, 3.8) is 0 Å². The van der Waals surface area contributed by atoms with E-state index < -0.39 is 0 Å². The highest BCUT2D eigenvalue weighted by Crippen LogP contribution is 2.47. The van der Waals surface area contributed by atoms with Crippen molar-refractivity contribution in [3.05, 3.63) is 29.8 Å². The molecule has 4 nitrogen and oxygen atoms in total. The Balaban J connectivity index is 1.51. The maximum absolute atomic E-state index is 12.9. The molecule has 2 fully saturated rings. The molecule has 0 aliphatic carbocycles. The number of para-hydroxylation sites is 1. The molecule has 3 aliphatic heterocycles. The molecule has 3 heterocycles. The summed E-state index contributed by atoms with van der Waals surface area (Å²) in [4.78, 5) is 17.2. The quantitative estimate of drug-likeness (QED) is 0.839. The summed E-state index contributed by atoms with van der Waals surface area (Å²) < 4.78 is 5.75. The molecular weight excluding hydrogens is 276 g/mol. The van der Waals surface area contributed by atoms with Crippen LogP contribution in [-0.2, 0) is 14.9 Å². The molecule has 0 unspecified atom stereocenters. The average molecular weight is 300 g/mol. The predicted molar refractivity (Wildman–Crippen MR) is 86.2 cm³/mol. The smallest absolute Gasteiger partial charge is 0.237 e. The zero-order valence-electron chi connectivity index (χ0n) is 13.3. The Labute approximate surface area is 132 Å². The van der Waals surface area contributed by atoms with Crippen molar-refractivity contribution in [2.24, 2.45) is 0 Å². The lowest BCUT2D eigenvalue weighted by atomic mass is 9.73. The summed E-state index contributed by atoms with van der Waals surface area (Å²) in [5, 5.41) is 0. The number of carbonyl (C=O) groups is 1. The number of anilines is 1. The van der Waals surface area contributed by atoms with Crippen molar-refractivity contribution in [3.8, 4) is 0 Å². The van der Waals surface area contributed by atoms with Gasteiger partial charge >= 0.3 is 0 Å². The van der Waals surface area contributed by atoms with E-state index in [1.54, 1.807) is 0 Å². The number of fused-ring (bicyclic) bond motifs is 2. The molecule has 0 saturated carbocycles. The molecule has 118 valence electrons. The van der Waals surface area contributed by atoms with Crippen LogP contribution in [0.25, 0.3) is 0 Å². The van der Waals surface area contributed by atoms with E-state index in [0.717, 1.165) is 44.8 Å². The topological polar surface area (TPSA) is 32.8 Å². The Bertz CT molecular complexity index is 572. The third-order valence-corrected chi connectivity index (χ3v) is 5.69. The molecule has 4 heteroatoms. The molecule has 3 aliphatic rings. The molecule has 4 rings (SSSR count). The number of benzene rings is 1. The molecule has 1 amide bonds. The third-order valence-electron chi connectivity index (χ3n) is 5.69. The summed E-state index contributed by atoms with van der Waals surface area (Å²) in [5.41, 5.74) is 2.05. The SMILES string of the molecule is CN1C(=O)C2(CCN(C[C@@H]3CCCO3)CC2)c2ccccc21. The maximum atomic E-state index is 12.9. The van der Waals surface area contributed by atoms with E-state index >= 15 is 0 Å². The fraction of sp³-hybridized carbons (Fsp3) is 0.611. The number of nitrogens with zero attached hydrogens (tertiary/aromatic N) is 2. The summed E-state index contributed by atoms with van der Waals surface area (Å²) in [7, 11) is 1.91. The molecule has 1 aromatic rings. The van der Waals surface area contributed by atoms with Crippen LogP contribution in [0.15, 0.2) is 24.3 Å². The highest BCUT2D eigenvalue weighted by molar-refractivity contribution is 6.07. The fourth-order valence-corrected chi connectivity index (χ4v) is 4.39. The number of rotatable bonds is 2. The zero-order valence-corrected chi connectivity index (χ0v) is 13.3. The first-order valence-electron chi connectivity index (χ1n) is 8.42. The van der Waals surface area contributed by atoms with Crippen LogP contribution in [0.3, 0.4) is 0 Å². The van der Waals surface area contributed by atoms with Gasteiger partial charge in [0.15, 0.2) is 0 Å². The Hall–Kier alpha value is -1.39. The lowest BCUT2D eigenvalue weighted by Crippen LogP contribution is -2.49. The first kappa shape index (κ1) is 14.2. The second-order valence-electron chi connectivity index (χ2n) is 6.90. The summed E-state index contributed by atoms with van der Waals surface area (Å²) in [6.45, 7) is 3.93. The van der Waals surface area contributed by atoms with Crippen LogP contribution < -0.4 is 4.90 Å². The number of likely N-dealkylation sites (tertiary alicyclic amines) is 1. The summed E-state index contributed by atoms with van der Waals surface area (Å²) >= 11 is 0. The maximum Gasteiger partial charge on any atom is 0.237 e. The van der Waals surface area contributed by atoms with Gasteiger partial charge in [0, 0.05) is 25.9 Å². The van der Waals surface area contributed by atoms with Gasteiger partial charge in [-0.25, -0.2) is 0 Å². The van der Waals surface area contributed by atoms with Crippen LogP contribution in [0.1, 0.15) is 31.2 Å². The molecule has 22 heavy (non-hydrogen) atoms. The van der Waals surface area contributed by atoms with Crippen molar-refractivity contribution in [1.29, 1.82) is 0 Å². The van der Waals surface area contributed by atoms with Crippen molar-refractivity contribution < 1.29 is 9.53 Å². The molecule has 0 bridgehead atoms. The lowest BCUT2D eigenvalue weighted by molar-refractivity contribution is -0.124. The molecular formula is C18H24N2O2. The normalized spacial score (nSPS) is 27.6. The largest absolute Gasteiger partial charge is 0.377 e. The Morgan fingerprint density at radius 3 is 2.77 bits per heavy atom. The second-order valence-corrected chi connectivity index (χ2v) is 6.90. The van der Waals surface area contributed by atoms with E-state index in [1.807, 2.05) is 18.0 Å². The number of hydrogen-bond acceptors (Lipinski definition) is 3. The summed E-state index contributed by atoms with van der Waals surface area (Å²) in [5.74, 6) is 0.283. The van der Waals surface area contributed by atoms with E-state index in [4.69, 9.17) is 4.74 Å². The van der Waals surface area contributed by atoms with E-state index in [1.165, 1.54) is 18.4 Å². The Morgan fingerprint density at radius 2 is 2.05 bits per heavy atom. The summed E-state index contributed by atoms with van der Waals surface area (Å²) in [6, 6.07) is 8.30. The summed E-state index contributed by atoms with van der Waals surface area (Å²) in [6.07, 6.45) is 4.65. The lowest BCUT2D eigenvalue weighted by Gasteiger charge is -2.39. The highest BCUT2D eigenvalue weighted by Gasteiger charge is 2.50. The first-order valence-corrected chi connectivity index (χ1v) is 8.42. The van der Waals surface area contributed by atoms with Crippen LogP contribution in [-0.4, -0.2) is 50.2 Å². The molecule has 1 spiro atoms. The van der Waals surface area contributed by atoms with Gasteiger partial charge in [-0.1, -0.05) is 18.2 Å². The van der Waals surface area contributed by atoms with Gasteiger partial charge in [-0.15, -0.1) is 0 Å². The van der Waals surface area contributed by atoms with Gasteiger partial charge in [0.1, 0.15) is 0 Å². The van der Waals surface area contributed by atoms with Crippen LogP contribution in [0.4, 0.5) is 5.69 Å². The molecule has 1 atom stereocenters. The van der Waals surface area contributed by atoms with Crippen LogP contribution >= 0.6 is 0 Å². The number of piperidine rings is 1. The molecule has 1 aromatic carbocycles. The van der Waals surface area contributed by atoms with E-state index in [-0.39, 0.29) is 11.3 Å². The third kappa shape index (κ3) is 2.09. The average Bonchev–Trinajstić information content (AvgIpc) is 3.13. The van der Waals surface area contributed by atoms with Gasteiger partial charge in [0.05, 0.1) is 11.5 Å². The first-order chi connectivity index (χ1) is 10.7. The minimum Gasteiger partial charge on any atom is -0.377 e. The Morgan fingerprint density at radius 1 is 1.27 bits per heavy atom. The van der Waals surface area contributed by atoms with Crippen molar-refractivity contribution in [2.45, 2.75) is 37.2 Å².